The Labute approximate surface area is 118 Å². The highest BCUT2D eigenvalue weighted by atomic mass is 32.2. The van der Waals surface area contributed by atoms with E-state index in [1.54, 1.807) is 24.3 Å². The number of morpholine rings is 1. The van der Waals surface area contributed by atoms with Gasteiger partial charge in [-0.05, 0) is 17.7 Å². The fourth-order valence-electron chi connectivity index (χ4n) is 2.12. The van der Waals surface area contributed by atoms with Gasteiger partial charge < -0.3 is 9.84 Å². The van der Waals surface area contributed by atoms with Crippen LogP contribution in [-0.2, 0) is 20.5 Å². The molecular weight excluding hydrogens is 280 g/mol. The maximum Gasteiger partial charge on any atom is 0.218 e. The molecule has 1 aromatic carbocycles. The van der Waals surface area contributed by atoms with Crippen molar-refractivity contribution in [2.24, 2.45) is 0 Å². The second kappa shape index (κ2) is 6.33. The third-order valence-electron chi connectivity index (χ3n) is 3.17. The van der Waals surface area contributed by atoms with Crippen molar-refractivity contribution in [3.8, 4) is 6.07 Å². The van der Waals surface area contributed by atoms with E-state index < -0.39 is 16.1 Å². The van der Waals surface area contributed by atoms with Crippen LogP contribution in [-0.4, -0.2) is 50.2 Å². The minimum atomic E-state index is -3.51. The maximum absolute atomic E-state index is 12.4. The summed E-state index contributed by atoms with van der Waals surface area (Å²) < 4.78 is 31.2. The predicted octanol–water partition coefficient (Wildman–Crippen LogP) is 0.0812. The standard InChI is InChI=1S/C13H16N2O4S/c14-7-11-1-3-12(4-2-11)10-20(17,18)15-5-6-19-9-13(15)8-16/h1-4,13,16H,5-6,8-10H2. The van der Waals surface area contributed by atoms with Crippen LogP contribution in [0.1, 0.15) is 11.1 Å². The smallest absolute Gasteiger partial charge is 0.218 e. The number of aliphatic hydroxyl groups excluding tert-OH is 1. The summed E-state index contributed by atoms with van der Waals surface area (Å²) in [4.78, 5) is 0. The molecule has 0 radical (unpaired) electrons. The Balaban J connectivity index is 2.15. The quantitative estimate of drug-likeness (QED) is 0.850. The molecule has 1 aromatic rings. The first-order valence-electron chi connectivity index (χ1n) is 6.24. The Kier molecular flexibility index (Phi) is 4.73. The van der Waals surface area contributed by atoms with E-state index in [1.165, 1.54) is 4.31 Å². The van der Waals surface area contributed by atoms with Gasteiger partial charge in [0.05, 0.1) is 43.2 Å². The molecule has 6 nitrogen and oxygen atoms in total. The molecule has 0 saturated carbocycles. The lowest BCUT2D eigenvalue weighted by atomic mass is 10.2. The van der Waals surface area contributed by atoms with Crippen LogP contribution in [0, 0.1) is 11.3 Å². The molecular formula is C13H16N2O4S. The summed E-state index contributed by atoms with van der Waals surface area (Å²) in [5.74, 6) is -0.144. The van der Waals surface area contributed by atoms with Crippen LogP contribution in [0.15, 0.2) is 24.3 Å². The van der Waals surface area contributed by atoms with Gasteiger partial charge in [0, 0.05) is 6.54 Å². The van der Waals surface area contributed by atoms with Crippen molar-refractivity contribution in [3.63, 3.8) is 0 Å². The minimum Gasteiger partial charge on any atom is -0.395 e. The molecule has 0 bridgehead atoms. The van der Waals surface area contributed by atoms with Gasteiger partial charge in [0.1, 0.15) is 0 Å². The van der Waals surface area contributed by atoms with Gasteiger partial charge in [-0.1, -0.05) is 12.1 Å². The largest absolute Gasteiger partial charge is 0.395 e. The molecule has 1 N–H and O–H groups in total. The molecule has 7 heteroatoms. The van der Waals surface area contributed by atoms with Crippen LogP contribution < -0.4 is 0 Å². The Morgan fingerprint density at radius 3 is 2.70 bits per heavy atom. The number of rotatable bonds is 4. The maximum atomic E-state index is 12.4. The first kappa shape index (κ1) is 14.9. The second-order valence-corrected chi connectivity index (χ2v) is 6.51. The van der Waals surface area contributed by atoms with E-state index in [4.69, 9.17) is 10.00 Å². The molecule has 1 heterocycles. The molecule has 1 fully saturated rings. The highest BCUT2D eigenvalue weighted by Gasteiger charge is 2.32. The van der Waals surface area contributed by atoms with Gasteiger partial charge in [0.2, 0.25) is 10.0 Å². The molecule has 1 aliphatic rings. The van der Waals surface area contributed by atoms with Crippen molar-refractivity contribution in [2.75, 3.05) is 26.4 Å². The predicted molar refractivity (Wildman–Crippen MR) is 72.2 cm³/mol. The molecule has 0 aliphatic carbocycles. The van der Waals surface area contributed by atoms with Crippen molar-refractivity contribution in [1.82, 2.24) is 4.31 Å². The number of sulfonamides is 1. The second-order valence-electron chi connectivity index (χ2n) is 4.59. The van der Waals surface area contributed by atoms with Crippen LogP contribution in [0.5, 0.6) is 0 Å². The van der Waals surface area contributed by atoms with Crippen molar-refractivity contribution >= 4 is 10.0 Å². The van der Waals surface area contributed by atoms with Gasteiger partial charge in [-0.2, -0.15) is 9.57 Å². The third kappa shape index (κ3) is 3.35. The highest BCUT2D eigenvalue weighted by Crippen LogP contribution is 2.17. The first-order chi connectivity index (χ1) is 9.56. The Bertz CT molecular complexity index is 592. The summed E-state index contributed by atoms with van der Waals surface area (Å²) in [6.07, 6.45) is 0. The fraction of sp³-hybridized carbons (Fsp3) is 0.462. The number of aliphatic hydroxyl groups is 1. The number of hydrogen-bond acceptors (Lipinski definition) is 5. The average molecular weight is 296 g/mol. The van der Waals surface area contributed by atoms with Gasteiger partial charge in [-0.3, -0.25) is 0 Å². The molecule has 20 heavy (non-hydrogen) atoms. The van der Waals surface area contributed by atoms with E-state index in [0.717, 1.165) is 0 Å². The summed E-state index contributed by atoms with van der Waals surface area (Å²) in [5.41, 5.74) is 1.11. The van der Waals surface area contributed by atoms with E-state index in [0.29, 0.717) is 17.7 Å². The van der Waals surface area contributed by atoms with Crippen molar-refractivity contribution in [2.45, 2.75) is 11.8 Å². The summed E-state index contributed by atoms with van der Waals surface area (Å²) >= 11 is 0. The van der Waals surface area contributed by atoms with E-state index in [2.05, 4.69) is 0 Å². The van der Waals surface area contributed by atoms with Crippen molar-refractivity contribution in [1.29, 1.82) is 5.26 Å². The van der Waals surface area contributed by atoms with E-state index in [-0.39, 0.29) is 25.5 Å². The lowest BCUT2D eigenvalue weighted by Crippen LogP contribution is -2.50. The highest BCUT2D eigenvalue weighted by molar-refractivity contribution is 7.88. The Morgan fingerprint density at radius 2 is 2.10 bits per heavy atom. The summed E-state index contributed by atoms with van der Waals surface area (Å²) in [5, 5.41) is 18.0. The molecule has 0 amide bonds. The van der Waals surface area contributed by atoms with Crippen LogP contribution in [0.25, 0.3) is 0 Å². The topological polar surface area (TPSA) is 90.6 Å². The molecule has 0 spiro atoms. The van der Waals surface area contributed by atoms with E-state index >= 15 is 0 Å². The lowest BCUT2D eigenvalue weighted by Gasteiger charge is -2.33. The Morgan fingerprint density at radius 1 is 1.40 bits per heavy atom. The zero-order valence-electron chi connectivity index (χ0n) is 10.9. The average Bonchev–Trinajstić information content (AvgIpc) is 2.47. The normalized spacial score (nSPS) is 20.5. The SMILES string of the molecule is N#Cc1ccc(CS(=O)(=O)N2CCOCC2CO)cc1. The molecule has 2 rings (SSSR count). The molecule has 1 aliphatic heterocycles. The third-order valence-corrected chi connectivity index (χ3v) is 5.07. The lowest BCUT2D eigenvalue weighted by molar-refractivity contribution is 0.0108. The van der Waals surface area contributed by atoms with E-state index in [1.807, 2.05) is 6.07 Å². The molecule has 1 unspecified atom stereocenters. The monoisotopic (exact) mass is 296 g/mol. The van der Waals surface area contributed by atoms with Gasteiger partial charge in [-0.25, -0.2) is 8.42 Å². The van der Waals surface area contributed by atoms with Crippen molar-refractivity contribution in [3.05, 3.63) is 35.4 Å². The van der Waals surface area contributed by atoms with Crippen LogP contribution >= 0.6 is 0 Å². The van der Waals surface area contributed by atoms with Gasteiger partial charge >= 0.3 is 0 Å². The fourth-order valence-corrected chi connectivity index (χ4v) is 3.83. The van der Waals surface area contributed by atoms with Gasteiger partial charge in [0.25, 0.3) is 0 Å². The molecule has 0 aromatic heterocycles. The molecule has 1 atom stereocenters. The van der Waals surface area contributed by atoms with Gasteiger partial charge in [0.15, 0.2) is 0 Å². The molecule has 108 valence electrons. The van der Waals surface area contributed by atoms with E-state index in [9.17, 15) is 13.5 Å². The van der Waals surface area contributed by atoms with Crippen LogP contribution in [0.3, 0.4) is 0 Å². The van der Waals surface area contributed by atoms with Crippen molar-refractivity contribution < 1.29 is 18.3 Å². The number of ether oxygens (including phenoxy) is 1. The first-order valence-corrected chi connectivity index (χ1v) is 7.85. The van der Waals surface area contributed by atoms with Crippen LogP contribution in [0.2, 0.25) is 0 Å². The number of nitriles is 1. The zero-order chi connectivity index (χ0) is 14.6. The zero-order valence-corrected chi connectivity index (χ0v) is 11.7. The van der Waals surface area contributed by atoms with Gasteiger partial charge in [-0.15, -0.1) is 0 Å². The number of hydrogen-bond donors (Lipinski definition) is 1. The Hall–Kier alpha value is -1.46. The molecule has 1 saturated heterocycles. The number of nitrogens with zero attached hydrogens (tertiary/aromatic N) is 2. The number of benzene rings is 1. The summed E-state index contributed by atoms with van der Waals surface area (Å²) in [6.45, 7) is 0.544. The minimum absolute atomic E-state index is 0.144. The summed E-state index contributed by atoms with van der Waals surface area (Å²) in [6, 6.07) is 7.91. The van der Waals surface area contributed by atoms with Crippen LogP contribution in [0.4, 0.5) is 0 Å². The summed E-state index contributed by atoms with van der Waals surface area (Å²) in [7, 11) is -3.51.